The van der Waals surface area contributed by atoms with Gasteiger partial charge in [-0.15, -0.1) is 0 Å². The first-order valence-electron chi connectivity index (χ1n) is 10.1. The predicted octanol–water partition coefficient (Wildman–Crippen LogP) is 4.18. The molecule has 2 aromatic carbocycles. The van der Waals surface area contributed by atoms with Crippen LogP contribution in [0.15, 0.2) is 79.3 Å². The Labute approximate surface area is 176 Å². The number of nitrogens with zero attached hydrogens (tertiary/aromatic N) is 4. The van der Waals surface area contributed by atoms with E-state index in [9.17, 15) is 4.79 Å². The van der Waals surface area contributed by atoms with Crippen LogP contribution in [0.5, 0.6) is 0 Å². The zero-order valence-electron chi connectivity index (χ0n) is 17.2. The van der Waals surface area contributed by atoms with E-state index in [-0.39, 0.29) is 11.9 Å². The summed E-state index contributed by atoms with van der Waals surface area (Å²) in [5.41, 5.74) is 5.10. The molecule has 2 heterocycles. The fourth-order valence-electron chi connectivity index (χ4n) is 3.54. The average Bonchev–Trinajstić information content (AvgIpc) is 3.40. The molecular formula is C24H25N5O. The second-order valence-corrected chi connectivity index (χ2v) is 7.35. The summed E-state index contributed by atoms with van der Waals surface area (Å²) < 4.78 is 3.73. The smallest absolute Gasteiger partial charge is 0.220 e. The molecule has 1 amide bonds. The van der Waals surface area contributed by atoms with Crippen molar-refractivity contribution in [3.05, 3.63) is 96.1 Å². The van der Waals surface area contributed by atoms with Crippen molar-refractivity contribution in [2.45, 2.75) is 32.7 Å². The largest absolute Gasteiger partial charge is 0.349 e. The van der Waals surface area contributed by atoms with E-state index < -0.39 is 0 Å². The van der Waals surface area contributed by atoms with Crippen LogP contribution in [0.1, 0.15) is 36.2 Å². The van der Waals surface area contributed by atoms with Crippen molar-refractivity contribution in [3.8, 4) is 11.4 Å². The van der Waals surface area contributed by atoms with Crippen molar-refractivity contribution in [3.63, 3.8) is 0 Å². The number of hydrogen-bond acceptors (Lipinski definition) is 3. The minimum absolute atomic E-state index is 0.0156. The minimum Gasteiger partial charge on any atom is -0.349 e. The van der Waals surface area contributed by atoms with Crippen LogP contribution < -0.4 is 5.32 Å². The van der Waals surface area contributed by atoms with E-state index in [4.69, 9.17) is 0 Å². The van der Waals surface area contributed by atoms with Crippen LogP contribution >= 0.6 is 0 Å². The Balaban J connectivity index is 1.35. The molecule has 0 spiro atoms. The Morgan fingerprint density at radius 1 is 0.967 bits per heavy atom. The van der Waals surface area contributed by atoms with E-state index in [1.165, 1.54) is 0 Å². The number of rotatable bonds is 7. The first-order chi connectivity index (χ1) is 14.6. The molecule has 0 aliphatic carbocycles. The monoisotopic (exact) mass is 399 g/mol. The Bertz CT molecular complexity index is 1110. The fraction of sp³-hybridized carbons (Fsp3) is 0.208. The highest BCUT2D eigenvalue weighted by molar-refractivity contribution is 5.76. The van der Waals surface area contributed by atoms with Gasteiger partial charge in [-0.05, 0) is 50.1 Å². The van der Waals surface area contributed by atoms with Crippen LogP contribution in [0.4, 0.5) is 0 Å². The quantitative estimate of drug-likeness (QED) is 0.507. The molecule has 2 aromatic heterocycles. The second kappa shape index (κ2) is 8.78. The van der Waals surface area contributed by atoms with Crippen LogP contribution in [0.3, 0.4) is 0 Å². The Morgan fingerprint density at radius 3 is 2.33 bits per heavy atom. The van der Waals surface area contributed by atoms with Crippen molar-refractivity contribution in [1.82, 2.24) is 24.9 Å². The summed E-state index contributed by atoms with van der Waals surface area (Å²) in [5.74, 6) is 0.0156. The number of carbonyl (C=O) groups is 1. The molecule has 1 unspecified atom stereocenters. The third-order valence-corrected chi connectivity index (χ3v) is 5.19. The molecule has 4 rings (SSSR count). The first kappa shape index (κ1) is 19.6. The van der Waals surface area contributed by atoms with Gasteiger partial charge < -0.3 is 5.32 Å². The van der Waals surface area contributed by atoms with Gasteiger partial charge in [0.05, 0.1) is 29.8 Å². The molecular weight excluding hydrogens is 374 g/mol. The topological polar surface area (TPSA) is 64.7 Å². The number of aryl methyl sites for hydroxylation is 1. The third-order valence-electron chi connectivity index (χ3n) is 5.19. The highest BCUT2D eigenvalue weighted by Gasteiger charge is 2.16. The van der Waals surface area contributed by atoms with Gasteiger partial charge in [0.15, 0.2) is 0 Å². The van der Waals surface area contributed by atoms with Gasteiger partial charge in [-0.25, -0.2) is 9.36 Å². The van der Waals surface area contributed by atoms with Gasteiger partial charge in [0.1, 0.15) is 0 Å². The highest BCUT2D eigenvalue weighted by atomic mass is 16.1. The molecule has 0 fully saturated rings. The van der Waals surface area contributed by atoms with Gasteiger partial charge in [0.25, 0.3) is 0 Å². The molecule has 0 saturated heterocycles. The fourth-order valence-corrected chi connectivity index (χ4v) is 3.54. The number of aromatic nitrogens is 4. The maximum atomic E-state index is 12.5. The van der Waals surface area contributed by atoms with Crippen molar-refractivity contribution < 1.29 is 4.79 Å². The molecule has 1 N–H and O–H groups in total. The summed E-state index contributed by atoms with van der Waals surface area (Å²) in [7, 11) is 0. The molecule has 0 bridgehead atoms. The van der Waals surface area contributed by atoms with Crippen LogP contribution in [0, 0.1) is 6.92 Å². The summed E-state index contributed by atoms with van der Waals surface area (Å²) in [6.07, 6.45) is 6.68. The normalized spacial score (nSPS) is 11.9. The molecule has 152 valence electrons. The maximum absolute atomic E-state index is 12.5. The second-order valence-electron chi connectivity index (χ2n) is 7.35. The SMILES string of the molecule is Cc1c(C(C)NC(=O)CCc2cnn(-c3ccccc3)c2)cnn1-c1ccccc1. The minimum atomic E-state index is -0.109. The van der Waals surface area contributed by atoms with E-state index in [2.05, 4.69) is 15.5 Å². The van der Waals surface area contributed by atoms with Gasteiger partial charge >= 0.3 is 0 Å². The highest BCUT2D eigenvalue weighted by Crippen LogP contribution is 2.20. The number of amides is 1. The molecule has 6 heteroatoms. The van der Waals surface area contributed by atoms with E-state index in [0.29, 0.717) is 12.8 Å². The molecule has 4 aromatic rings. The lowest BCUT2D eigenvalue weighted by molar-refractivity contribution is -0.121. The number of para-hydroxylation sites is 2. The lowest BCUT2D eigenvalue weighted by atomic mass is 10.1. The summed E-state index contributed by atoms with van der Waals surface area (Å²) in [4.78, 5) is 12.5. The zero-order valence-corrected chi connectivity index (χ0v) is 17.2. The number of hydrogen-bond donors (Lipinski definition) is 1. The Hall–Kier alpha value is -3.67. The van der Waals surface area contributed by atoms with Gasteiger partial charge in [0.2, 0.25) is 5.91 Å². The standard InChI is InChI=1S/C24H25N5O/c1-18(23-16-26-29(19(23)2)22-11-7-4-8-12-22)27-24(30)14-13-20-15-25-28(17-20)21-9-5-3-6-10-21/h3-12,15-18H,13-14H2,1-2H3,(H,27,30). The van der Waals surface area contributed by atoms with Gasteiger partial charge in [-0.3, -0.25) is 4.79 Å². The van der Waals surface area contributed by atoms with Gasteiger partial charge in [0, 0.05) is 23.9 Å². The lowest BCUT2D eigenvalue weighted by Gasteiger charge is -2.14. The molecule has 30 heavy (non-hydrogen) atoms. The zero-order chi connectivity index (χ0) is 20.9. The van der Waals surface area contributed by atoms with E-state index in [1.54, 1.807) is 0 Å². The van der Waals surface area contributed by atoms with Crippen molar-refractivity contribution in [2.24, 2.45) is 0 Å². The van der Waals surface area contributed by atoms with E-state index >= 15 is 0 Å². The van der Waals surface area contributed by atoms with Crippen LogP contribution in [-0.4, -0.2) is 25.5 Å². The van der Waals surface area contributed by atoms with Gasteiger partial charge in [-0.1, -0.05) is 36.4 Å². The summed E-state index contributed by atoms with van der Waals surface area (Å²) in [6, 6.07) is 19.8. The van der Waals surface area contributed by atoms with E-state index in [0.717, 1.165) is 28.2 Å². The van der Waals surface area contributed by atoms with Crippen LogP contribution in [0.2, 0.25) is 0 Å². The first-order valence-corrected chi connectivity index (χ1v) is 10.1. The number of carbonyl (C=O) groups excluding carboxylic acids is 1. The molecule has 0 radical (unpaired) electrons. The summed E-state index contributed by atoms with van der Waals surface area (Å²) in [5, 5.41) is 12.0. The predicted molar refractivity (Wildman–Crippen MR) is 117 cm³/mol. The molecule has 1 atom stereocenters. The molecule has 0 saturated carbocycles. The Morgan fingerprint density at radius 2 is 1.63 bits per heavy atom. The van der Waals surface area contributed by atoms with Crippen LogP contribution in [-0.2, 0) is 11.2 Å². The maximum Gasteiger partial charge on any atom is 0.220 e. The van der Waals surface area contributed by atoms with Crippen LogP contribution in [0.25, 0.3) is 11.4 Å². The van der Waals surface area contributed by atoms with E-state index in [1.807, 2.05) is 102 Å². The molecule has 6 nitrogen and oxygen atoms in total. The summed E-state index contributed by atoms with van der Waals surface area (Å²) in [6.45, 7) is 4.01. The van der Waals surface area contributed by atoms with Gasteiger partial charge in [-0.2, -0.15) is 10.2 Å². The van der Waals surface area contributed by atoms with Crippen molar-refractivity contribution in [2.75, 3.05) is 0 Å². The van der Waals surface area contributed by atoms with Crippen molar-refractivity contribution in [1.29, 1.82) is 0 Å². The Kier molecular flexibility index (Phi) is 5.75. The molecule has 0 aliphatic heterocycles. The van der Waals surface area contributed by atoms with Crippen molar-refractivity contribution >= 4 is 5.91 Å². The summed E-state index contributed by atoms with van der Waals surface area (Å²) >= 11 is 0. The third kappa shape index (κ3) is 4.33. The lowest BCUT2D eigenvalue weighted by Crippen LogP contribution is -2.27. The molecule has 0 aliphatic rings. The number of nitrogens with one attached hydrogen (secondary N) is 1. The average molecular weight is 399 g/mol. The number of benzene rings is 2.